The Balaban J connectivity index is 0. The number of ether oxygens (including phenoxy) is 3. The van der Waals surface area contributed by atoms with Crippen molar-refractivity contribution in [3.8, 4) is 0 Å². The van der Waals surface area contributed by atoms with Crippen molar-refractivity contribution in [2.75, 3.05) is 19.8 Å². The summed E-state index contributed by atoms with van der Waals surface area (Å²) in [4.78, 5) is 67.4. The van der Waals surface area contributed by atoms with Gasteiger partial charge in [-0.15, -0.1) is 0 Å². The number of carbonyl (C=O) groups is 6. The van der Waals surface area contributed by atoms with Crippen LogP contribution < -0.4 is 0 Å². The number of carbonyl (C=O) groups excluding carboxylic acids is 3. The summed E-state index contributed by atoms with van der Waals surface area (Å²) >= 11 is 0. The standard InChI is InChI=1S/C24H44O7.C6H8O7/c1-4-7-10-13-16-29-21(25)19-24(28,23(27)31-18-15-12-9-6-3)20-22(26)30-17-14-11-8-5-2;7-3(8)1-6(13,5(11)12)2-4(9)10/h28H,4-20H2,1-3H3;13H,1-2H2,(H,7,8)(H,9,10)(H,11,12). The smallest absolute Gasteiger partial charge is 0.339 e. The number of hydrogen-bond donors (Lipinski definition) is 5. The second kappa shape index (κ2) is 25.1. The summed E-state index contributed by atoms with van der Waals surface area (Å²) in [5, 5.41) is 44.6. The maximum atomic E-state index is 12.5. The topological polar surface area (TPSA) is 231 Å². The second-order valence-corrected chi connectivity index (χ2v) is 10.6. The van der Waals surface area contributed by atoms with Crippen molar-refractivity contribution in [2.45, 2.75) is 135 Å². The lowest BCUT2D eigenvalue weighted by atomic mass is 9.95. The van der Waals surface area contributed by atoms with Crippen LogP contribution in [0.3, 0.4) is 0 Å². The Morgan fingerprint density at radius 1 is 0.477 bits per heavy atom. The lowest BCUT2D eigenvalue weighted by Crippen LogP contribution is -2.45. The highest BCUT2D eigenvalue weighted by Crippen LogP contribution is 2.21. The number of rotatable bonds is 25. The van der Waals surface area contributed by atoms with Crippen LogP contribution in [-0.4, -0.2) is 92.4 Å². The van der Waals surface area contributed by atoms with Crippen molar-refractivity contribution in [3.63, 3.8) is 0 Å². The minimum absolute atomic E-state index is 0.138. The van der Waals surface area contributed by atoms with Crippen LogP contribution in [0.5, 0.6) is 0 Å². The molecule has 0 bridgehead atoms. The highest BCUT2D eigenvalue weighted by molar-refractivity contribution is 5.90. The quantitative estimate of drug-likeness (QED) is 0.0547. The first-order chi connectivity index (χ1) is 20.7. The first-order valence-electron chi connectivity index (χ1n) is 15.3. The molecule has 0 aliphatic carbocycles. The molecule has 0 unspecified atom stereocenters. The third-order valence-electron chi connectivity index (χ3n) is 6.29. The largest absolute Gasteiger partial charge is 0.481 e. The fourth-order valence-corrected chi connectivity index (χ4v) is 3.76. The molecule has 0 rings (SSSR count). The Kier molecular flexibility index (Phi) is 24.5. The third kappa shape index (κ3) is 22.3. The molecule has 0 heterocycles. The predicted octanol–water partition coefficient (Wildman–Crippen LogP) is 3.62. The van der Waals surface area contributed by atoms with Crippen molar-refractivity contribution in [3.05, 3.63) is 0 Å². The van der Waals surface area contributed by atoms with Crippen LogP contribution in [-0.2, 0) is 43.0 Å². The van der Waals surface area contributed by atoms with Crippen LogP contribution in [0, 0.1) is 0 Å². The van der Waals surface area contributed by atoms with E-state index < -0.39 is 72.7 Å². The van der Waals surface area contributed by atoms with E-state index in [2.05, 4.69) is 20.8 Å². The summed E-state index contributed by atoms with van der Waals surface area (Å²) in [7, 11) is 0. The van der Waals surface area contributed by atoms with Crippen LogP contribution in [0.15, 0.2) is 0 Å². The van der Waals surface area contributed by atoms with Gasteiger partial charge in [0.05, 0.1) is 45.5 Å². The zero-order valence-corrected chi connectivity index (χ0v) is 26.3. The maximum absolute atomic E-state index is 12.5. The van der Waals surface area contributed by atoms with Crippen LogP contribution in [0.4, 0.5) is 0 Å². The molecule has 0 saturated heterocycles. The van der Waals surface area contributed by atoms with Crippen molar-refractivity contribution >= 4 is 35.8 Å². The van der Waals surface area contributed by atoms with Gasteiger partial charge in [-0.1, -0.05) is 78.6 Å². The molecule has 44 heavy (non-hydrogen) atoms. The van der Waals surface area contributed by atoms with E-state index >= 15 is 0 Å². The van der Waals surface area contributed by atoms with Gasteiger partial charge >= 0.3 is 35.8 Å². The maximum Gasteiger partial charge on any atom is 0.339 e. The van der Waals surface area contributed by atoms with Gasteiger partial charge in [-0.05, 0) is 19.3 Å². The summed E-state index contributed by atoms with van der Waals surface area (Å²) in [6.45, 7) is 6.84. The second-order valence-electron chi connectivity index (χ2n) is 10.6. The van der Waals surface area contributed by atoms with Crippen LogP contribution in [0.2, 0.25) is 0 Å². The van der Waals surface area contributed by atoms with E-state index in [1.165, 1.54) is 0 Å². The Morgan fingerprint density at radius 3 is 1.11 bits per heavy atom. The molecule has 0 amide bonds. The zero-order chi connectivity index (χ0) is 34.0. The van der Waals surface area contributed by atoms with E-state index in [1.54, 1.807) is 0 Å². The molecule has 0 aromatic carbocycles. The first kappa shape index (κ1) is 42.9. The normalized spacial score (nSPS) is 11.1. The predicted molar refractivity (Wildman–Crippen MR) is 157 cm³/mol. The average Bonchev–Trinajstić information content (AvgIpc) is 2.91. The van der Waals surface area contributed by atoms with Gasteiger partial charge in [0.25, 0.3) is 0 Å². The van der Waals surface area contributed by atoms with E-state index in [-0.39, 0.29) is 19.8 Å². The average molecular weight is 637 g/mol. The number of carboxylic acid groups (broad SMARTS) is 3. The van der Waals surface area contributed by atoms with Crippen LogP contribution in [0.25, 0.3) is 0 Å². The van der Waals surface area contributed by atoms with Gasteiger partial charge in [-0.3, -0.25) is 19.2 Å². The fraction of sp³-hybridized carbons (Fsp3) is 0.800. The molecule has 0 aromatic rings. The van der Waals surface area contributed by atoms with Crippen LogP contribution in [0.1, 0.15) is 124 Å². The van der Waals surface area contributed by atoms with Gasteiger partial charge < -0.3 is 39.7 Å². The molecule has 0 fully saturated rings. The van der Waals surface area contributed by atoms with Crippen LogP contribution >= 0.6 is 0 Å². The van der Waals surface area contributed by atoms with Crippen molar-refractivity contribution in [2.24, 2.45) is 0 Å². The summed E-state index contributed by atoms with van der Waals surface area (Å²) in [6, 6.07) is 0. The number of carboxylic acids is 3. The Hall–Kier alpha value is -3.26. The molecule has 256 valence electrons. The van der Waals surface area contributed by atoms with Gasteiger partial charge in [-0.25, -0.2) is 9.59 Å². The highest BCUT2D eigenvalue weighted by Gasteiger charge is 2.43. The van der Waals surface area contributed by atoms with Gasteiger partial charge in [-0.2, -0.15) is 0 Å². The molecule has 0 atom stereocenters. The van der Waals surface area contributed by atoms with Crippen molar-refractivity contribution < 1.29 is 68.5 Å². The van der Waals surface area contributed by atoms with Crippen molar-refractivity contribution in [1.29, 1.82) is 0 Å². The highest BCUT2D eigenvalue weighted by atomic mass is 16.6. The minimum Gasteiger partial charge on any atom is -0.481 e. The molecular formula is C30H52O14. The minimum atomic E-state index is -2.74. The van der Waals surface area contributed by atoms with E-state index in [1.807, 2.05) is 0 Å². The zero-order valence-electron chi connectivity index (χ0n) is 26.3. The lowest BCUT2D eigenvalue weighted by Gasteiger charge is -2.24. The molecular weight excluding hydrogens is 584 g/mol. The van der Waals surface area contributed by atoms with E-state index in [0.29, 0.717) is 6.42 Å². The number of hydrogen-bond acceptors (Lipinski definition) is 11. The van der Waals surface area contributed by atoms with E-state index in [0.717, 1.165) is 70.6 Å². The van der Waals surface area contributed by atoms with Gasteiger partial charge in [0, 0.05) is 0 Å². The summed E-state index contributed by atoms with van der Waals surface area (Å²) in [5.74, 6) is -7.44. The van der Waals surface area contributed by atoms with Gasteiger partial charge in [0.1, 0.15) is 0 Å². The molecule has 0 aliphatic rings. The van der Waals surface area contributed by atoms with E-state index in [4.69, 9.17) is 34.6 Å². The molecule has 0 aliphatic heterocycles. The molecule has 0 spiro atoms. The van der Waals surface area contributed by atoms with E-state index in [9.17, 15) is 33.9 Å². The molecule has 5 N–H and O–H groups in total. The Labute approximate surface area is 259 Å². The summed E-state index contributed by atoms with van der Waals surface area (Å²) < 4.78 is 15.4. The van der Waals surface area contributed by atoms with Gasteiger partial charge in [0.15, 0.2) is 11.2 Å². The van der Waals surface area contributed by atoms with Crippen molar-refractivity contribution in [1.82, 2.24) is 0 Å². The molecule has 0 aromatic heterocycles. The first-order valence-corrected chi connectivity index (χ1v) is 15.3. The SMILES string of the molecule is CCCCCCOC(=O)CC(O)(CC(=O)OCCCCCC)C(=O)OCCCCCC.O=C(O)CC(O)(CC(=O)O)C(=O)O. The Morgan fingerprint density at radius 2 is 0.818 bits per heavy atom. The number of aliphatic hydroxyl groups is 2. The monoisotopic (exact) mass is 636 g/mol. The summed E-state index contributed by atoms with van der Waals surface area (Å²) in [5.41, 5.74) is -5.01. The fourth-order valence-electron chi connectivity index (χ4n) is 3.76. The molecule has 14 nitrogen and oxygen atoms in total. The third-order valence-corrected chi connectivity index (χ3v) is 6.29. The summed E-state index contributed by atoms with van der Waals surface area (Å²) in [6.07, 6.45) is 7.67. The Bertz CT molecular complexity index is 826. The van der Waals surface area contributed by atoms with Gasteiger partial charge in [0.2, 0.25) is 0 Å². The number of unbranched alkanes of at least 4 members (excludes halogenated alkanes) is 9. The molecule has 14 heteroatoms. The lowest BCUT2D eigenvalue weighted by molar-refractivity contribution is -0.178. The number of esters is 3. The number of aliphatic carboxylic acids is 3. The molecule has 0 saturated carbocycles. The molecule has 0 radical (unpaired) electrons.